The summed E-state index contributed by atoms with van der Waals surface area (Å²) < 4.78 is 4.94. The van der Waals surface area contributed by atoms with Gasteiger partial charge in [-0.15, -0.1) is 0 Å². The Bertz CT molecular complexity index is 497. The molecule has 0 aliphatic heterocycles. The fourth-order valence-corrected chi connectivity index (χ4v) is 1.86. The van der Waals surface area contributed by atoms with Gasteiger partial charge in [0.15, 0.2) is 0 Å². The number of rotatable bonds is 3. The van der Waals surface area contributed by atoms with Crippen LogP contribution in [0.1, 0.15) is 12.5 Å². The van der Waals surface area contributed by atoms with Crippen LogP contribution < -0.4 is 4.65 Å². The molecule has 0 aromatic heterocycles. The normalized spacial score (nSPS) is 10.4. The Labute approximate surface area is 94.5 Å². The van der Waals surface area contributed by atoms with Gasteiger partial charge in [0.1, 0.15) is 5.75 Å². The zero-order chi connectivity index (χ0) is 11.5. The Balaban J connectivity index is 2.60. The van der Waals surface area contributed by atoms with Crippen molar-refractivity contribution in [1.29, 1.82) is 0 Å². The quantitative estimate of drug-likeness (QED) is 0.768. The molecular weight excluding hydrogens is 203 g/mol. The zero-order valence-corrected chi connectivity index (χ0v) is 9.05. The zero-order valence-electron chi connectivity index (χ0n) is 9.05. The highest BCUT2D eigenvalue weighted by Crippen LogP contribution is 2.28. The molecule has 0 fully saturated rings. The molecule has 2 rings (SSSR count). The third-order valence-corrected chi connectivity index (χ3v) is 2.59. The maximum absolute atomic E-state index is 8.83. The van der Waals surface area contributed by atoms with Gasteiger partial charge in [-0.3, -0.25) is 0 Å². The molecule has 82 valence electrons. The lowest BCUT2D eigenvalue weighted by atomic mass is 10.0. The summed E-state index contributed by atoms with van der Waals surface area (Å²) in [7, 11) is -1.78. The third-order valence-electron chi connectivity index (χ3n) is 2.59. The number of benzene rings is 2. The second kappa shape index (κ2) is 4.55. The van der Waals surface area contributed by atoms with Crippen LogP contribution in [0.4, 0.5) is 0 Å². The number of fused-ring (bicyclic) bond motifs is 1. The minimum absolute atomic E-state index is 0.489. The van der Waals surface area contributed by atoms with Crippen LogP contribution in [0.2, 0.25) is 0 Å². The lowest BCUT2D eigenvalue weighted by molar-refractivity contribution is 0.289. The van der Waals surface area contributed by atoms with E-state index in [0.29, 0.717) is 5.75 Å². The first-order valence-corrected chi connectivity index (χ1v) is 5.25. The van der Waals surface area contributed by atoms with Crippen molar-refractivity contribution in [2.75, 3.05) is 0 Å². The van der Waals surface area contributed by atoms with E-state index < -0.39 is 7.32 Å². The molecular formula is C12H13BO3. The van der Waals surface area contributed by atoms with E-state index in [1.165, 1.54) is 5.56 Å². The first kappa shape index (κ1) is 11.0. The third kappa shape index (κ3) is 2.03. The van der Waals surface area contributed by atoms with Gasteiger partial charge in [-0.1, -0.05) is 37.3 Å². The summed E-state index contributed by atoms with van der Waals surface area (Å²) in [4.78, 5) is 0. The Kier molecular flexibility index (Phi) is 3.13. The second-order valence-corrected chi connectivity index (χ2v) is 3.57. The van der Waals surface area contributed by atoms with Gasteiger partial charge in [0.05, 0.1) is 0 Å². The molecule has 0 spiro atoms. The number of hydrogen-bond acceptors (Lipinski definition) is 3. The molecule has 0 unspecified atom stereocenters. The lowest BCUT2D eigenvalue weighted by Crippen LogP contribution is -2.20. The van der Waals surface area contributed by atoms with Gasteiger partial charge in [0, 0.05) is 5.39 Å². The van der Waals surface area contributed by atoms with Crippen LogP contribution in [0.15, 0.2) is 36.4 Å². The van der Waals surface area contributed by atoms with E-state index in [1.807, 2.05) is 30.3 Å². The fraction of sp³-hybridized carbons (Fsp3) is 0.167. The van der Waals surface area contributed by atoms with Crippen LogP contribution in [-0.4, -0.2) is 17.4 Å². The van der Waals surface area contributed by atoms with Crippen LogP contribution in [0.5, 0.6) is 5.75 Å². The van der Waals surface area contributed by atoms with E-state index in [4.69, 9.17) is 14.7 Å². The maximum Gasteiger partial charge on any atom is 0.707 e. The molecule has 0 aliphatic rings. The van der Waals surface area contributed by atoms with E-state index >= 15 is 0 Å². The van der Waals surface area contributed by atoms with Crippen LogP contribution in [0, 0.1) is 0 Å². The molecule has 16 heavy (non-hydrogen) atoms. The summed E-state index contributed by atoms with van der Waals surface area (Å²) in [5.74, 6) is 0.489. The van der Waals surface area contributed by atoms with Crippen molar-refractivity contribution in [2.45, 2.75) is 13.3 Å². The minimum atomic E-state index is -1.78. The Morgan fingerprint density at radius 3 is 2.38 bits per heavy atom. The molecule has 0 radical (unpaired) electrons. The van der Waals surface area contributed by atoms with E-state index in [0.717, 1.165) is 17.2 Å². The van der Waals surface area contributed by atoms with Gasteiger partial charge >= 0.3 is 7.32 Å². The lowest BCUT2D eigenvalue weighted by Gasteiger charge is -2.11. The van der Waals surface area contributed by atoms with Gasteiger partial charge in [-0.2, -0.15) is 0 Å². The molecule has 0 bridgehead atoms. The highest BCUT2D eigenvalue weighted by Gasteiger charge is 2.13. The average molecular weight is 216 g/mol. The first-order valence-electron chi connectivity index (χ1n) is 5.25. The largest absolute Gasteiger partial charge is 0.707 e. The molecule has 0 amide bonds. The summed E-state index contributed by atoms with van der Waals surface area (Å²) in [6.07, 6.45) is 0.933. The highest BCUT2D eigenvalue weighted by atomic mass is 16.6. The summed E-state index contributed by atoms with van der Waals surface area (Å²) in [5.41, 5.74) is 1.22. The van der Waals surface area contributed by atoms with Crippen molar-refractivity contribution < 1.29 is 14.7 Å². The Morgan fingerprint density at radius 1 is 1.06 bits per heavy atom. The van der Waals surface area contributed by atoms with Gasteiger partial charge in [0.25, 0.3) is 0 Å². The smallest absolute Gasteiger partial charge is 0.512 e. The SMILES string of the molecule is CCc1ccc(OB(O)O)c2ccccc12. The molecule has 0 heterocycles. The molecule has 0 saturated heterocycles. The Hall–Kier alpha value is -1.52. The molecule has 2 aromatic rings. The van der Waals surface area contributed by atoms with Crippen molar-refractivity contribution >= 4 is 18.1 Å². The van der Waals surface area contributed by atoms with Crippen LogP contribution in [0.25, 0.3) is 10.8 Å². The van der Waals surface area contributed by atoms with Crippen LogP contribution >= 0.6 is 0 Å². The molecule has 0 aliphatic carbocycles. The molecule has 0 atom stereocenters. The first-order chi connectivity index (χ1) is 7.72. The number of hydrogen-bond donors (Lipinski definition) is 2. The molecule has 3 nitrogen and oxygen atoms in total. The van der Waals surface area contributed by atoms with Crippen molar-refractivity contribution in [1.82, 2.24) is 0 Å². The van der Waals surface area contributed by atoms with Crippen LogP contribution in [-0.2, 0) is 6.42 Å². The fourth-order valence-electron chi connectivity index (χ4n) is 1.86. The maximum atomic E-state index is 8.83. The molecule has 0 saturated carbocycles. The topological polar surface area (TPSA) is 49.7 Å². The van der Waals surface area contributed by atoms with Gasteiger partial charge in [-0.25, -0.2) is 0 Å². The second-order valence-electron chi connectivity index (χ2n) is 3.57. The van der Waals surface area contributed by atoms with Crippen molar-refractivity contribution in [3.05, 3.63) is 42.0 Å². The number of aryl methyl sites for hydroxylation is 1. The minimum Gasteiger partial charge on any atom is -0.512 e. The predicted molar refractivity (Wildman–Crippen MR) is 64.1 cm³/mol. The van der Waals surface area contributed by atoms with Crippen LogP contribution in [0.3, 0.4) is 0 Å². The van der Waals surface area contributed by atoms with Crippen molar-refractivity contribution in [2.24, 2.45) is 0 Å². The summed E-state index contributed by atoms with van der Waals surface area (Å²) >= 11 is 0. The van der Waals surface area contributed by atoms with Gasteiger partial charge < -0.3 is 14.7 Å². The van der Waals surface area contributed by atoms with Crippen molar-refractivity contribution in [3.63, 3.8) is 0 Å². The van der Waals surface area contributed by atoms with E-state index in [1.54, 1.807) is 6.07 Å². The standard InChI is InChI=1S/C12H13BO3/c1-2-9-7-8-12(16-13(14)15)11-6-4-3-5-10(9)11/h3-8,14-15H,2H2,1H3. The monoisotopic (exact) mass is 216 g/mol. The predicted octanol–water partition coefficient (Wildman–Crippen LogP) is 1.75. The van der Waals surface area contributed by atoms with E-state index in [-0.39, 0.29) is 0 Å². The average Bonchev–Trinajstić information content (AvgIpc) is 2.29. The summed E-state index contributed by atoms with van der Waals surface area (Å²) in [6.45, 7) is 2.09. The molecule has 2 aromatic carbocycles. The van der Waals surface area contributed by atoms with Crippen molar-refractivity contribution in [3.8, 4) is 5.75 Å². The highest BCUT2D eigenvalue weighted by molar-refractivity contribution is 6.34. The molecule has 2 N–H and O–H groups in total. The van der Waals surface area contributed by atoms with Gasteiger partial charge in [0.2, 0.25) is 0 Å². The van der Waals surface area contributed by atoms with E-state index in [2.05, 4.69) is 6.92 Å². The Morgan fingerprint density at radius 2 is 1.75 bits per heavy atom. The molecule has 4 heteroatoms. The summed E-state index contributed by atoms with van der Waals surface area (Å²) in [5, 5.41) is 19.6. The van der Waals surface area contributed by atoms with Gasteiger partial charge in [-0.05, 0) is 23.4 Å². The van der Waals surface area contributed by atoms with E-state index in [9.17, 15) is 0 Å². The summed E-state index contributed by atoms with van der Waals surface area (Å²) in [6, 6.07) is 11.5.